The summed E-state index contributed by atoms with van der Waals surface area (Å²) >= 11 is 5.69. The molecule has 0 unspecified atom stereocenters. The van der Waals surface area contributed by atoms with Gasteiger partial charge in [0.2, 0.25) is 5.82 Å². The zero-order valence-corrected chi connectivity index (χ0v) is 13.5. The molecule has 2 heterocycles. The zero-order chi connectivity index (χ0) is 16.1. The Bertz CT molecular complexity index is 532. The molecule has 8 heteroatoms. The van der Waals surface area contributed by atoms with Gasteiger partial charge in [0.15, 0.2) is 11.0 Å². The molecule has 0 aliphatic carbocycles. The van der Waals surface area contributed by atoms with Gasteiger partial charge in [-0.05, 0) is 20.4 Å². The van der Waals surface area contributed by atoms with Crippen molar-refractivity contribution in [2.45, 2.75) is 25.8 Å². The maximum Gasteiger partial charge on any atom is 0.307 e. The molecule has 1 aliphatic heterocycles. The first-order chi connectivity index (χ1) is 10.5. The Labute approximate surface area is 134 Å². The van der Waals surface area contributed by atoms with Crippen molar-refractivity contribution in [3.8, 4) is 0 Å². The number of likely N-dealkylation sites (N-methyl/N-ethyl adjacent to an activating group) is 1. The quantitative estimate of drug-likeness (QED) is 0.585. The summed E-state index contributed by atoms with van der Waals surface area (Å²) in [4.78, 5) is 22.9. The first-order valence-corrected chi connectivity index (χ1v) is 7.67. The summed E-state index contributed by atoms with van der Waals surface area (Å²) in [5.41, 5.74) is 0. The van der Waals surface area contributed by atoms with Crippen LogP contribution in [0.3, 0.4) is 0 Å². The van der Waals surface area contributed by atoms with Gasteiger partial charge in [-0.3, -0.25) is 4.79 Å². The fourth-order valence-electron chi connectivity index (χ4n) is 2.54. The number of ether oxygens (including phenoxy) is 1. The van der Waals surface area contributed by atoms with Crippen molar-refractivity contribution >= 4 is 23.4 Å². The smallest absolute Gasteiger partial charge is 0.307 e. The maximum absolute atomic E-state index is 13.9. The van der Waals surface area contributed by atoms with E-state index in [4.69, 9.17) is 16.3 Å². The Morgan fingerprint density at radius 2 is 2.36 bits per heavy atom. The van der Waals surface area contributed by atoms with Crippen LogP contribution in [0, 0.1) is 5.82 Å². The fourth-order valence-corrected chi connectivity index (χ4v) is 2.67. The molecule has 1 fully saturated rings. The molecule has 2 rings (SSSR count). The standard InChI is InChI=1S/C14H20ClFN4O2/c1-3-22-11(21)5-6-19(2)10-4-7-20(8-10)14-12(16)13(15)17-9-18-14/h9-10H,3-8H2,1-2H3/t10-/m0/s1. The highest BCUT2D eigenvalue weighted by atomic mass is 35.5. The molecule has 6 nitrogen and oxygen atoms in total. The van der Waals surface area contributed by atoms with Crippen molar-refractivity contribution in [3.05, 3.63) is 17.3 Å². The van der Waals surface area contributed by atoms with Crippen LogP contribution < -0.4 is 4.90 Å². The predicted molar refractivity (Wildman–Crippen MR) is 81.5 cm³/mol. The first kappa shape index (κ1) is 16.9. The molecular weight excluding hydrogens is 311 g/mol. The van der Waals surface area contributed by atoms with Crippen molar-refractivity contribution in [1.29, 1.82) is 0 Å². The summed E-state index contributed by atoms with van der Waals surface area (Å²) in [7, 11) is 1.96. The number of halogens is 2. The second kappa shape index (κ2) is 7.69. The minimum absolute atomic E-state index is 0.163. The normalized spacial score (nSPS) is 18.0. The van der Waals surface area contributed by atoms with Crippen molar-refractivity contribution in [2.24, 2.45) is 0 Å². The van der Waals surface area contributed by atoms with Gasteiger partial charge in [0, 0.05) is 25.7 Å². The monoisotopic (exact) mass is 330 g/mol. The molecule has 122 valence electrons. The summed E-state index contributed by atoms with van der Waals surface area (Å²) in [6.07, 6.45) is 2.49. The molecule has 1 atom stereocenters. The van der Waals surface area contributed by atoms with Crippen LogP contribution in [-0.2, 0) is 9.53 Å². The highest BCUT2D eigenvalue weighted by Gasteiger charge is 2.29. The average Bonchev–Trinajstić information content (AvgIpc) is 2.97. The zero-order valence-electron chi connectivity index (χ0n) is 12.8. The van der Waals surface area contributed by atoms with Crippen LogP contribution in [0.15, 0.2) is 6.33 Å². The van der Waals surface area contributed by atoms with Crippen LogP contribution in [0.4, 0.5) is 10.2 Å². The lowest BCUT2D eigenvalue weighted by molar-refractivity contribution is -0.143. The van der Waals surface area contributed by atoms with E-state index in [0.717, 1.165) is 6.42 Å². The lowest BCUT2D eigenvalue weighted by atomic mass is 10.2. The van der Waals surface area contributed by atoms with Crippen LogP contribution >= 0.6 is 11.6 Å². The van der Waals surface area contributed by atoms with Crippen LogP contribution in [0.1, 0.15) is 19.8 Å². The summed E-state index contributed by atoms with van der Waals surface area (Å²) in [5, 5.41) is -0.163. The minimum atomic E-state index is -0.584. The topological polar surface area (TPSA) is 58.6 Å². The maximum atomic E-state index is 13.9. The van der Waals surface area contributed by atoms with Gasteiger partial charge in [-0.2, -0.15) is 4.39 Å². The molecule has 1 aliphatic rings. The van der Waals surface area contributed by atoms with E-state index in [0.29, 0.717) is 32.7 Å². The Morgan fingerprint density at radius 3 is 3.09 bits per heavy atom. The SMILES string of the molecule is CCOC(=O)CCN(C)[C@H]1CCN(c2ncnc(Cl)c2F)C1. The number of anilines is 1. The van der Waals surface area contributed by atoms with Crippen molar-refractivity contribution < 1.29 is 13.9 Å². The highest BCUT2D eigenvalue weighted by Crippen LogP contribution is 2.25. The number of aromatic nitrogens is 2. The molecule has 22 heavy (non-hydrogen) atoms. The van der Waals surface area contributed by atoms with Crippen molar-refractivity contribution in [1.82, 2.24) is 14.9 Å². The summed E-state index contributed by atoms with van der Waals surface area (Å²) in [6.45, 7) is 4.14. The molecule has 0 amide bonds. The molecule has 1 aromatic rings. The van der Waals surface area contributed by atoms with Crippen LogP contribution in [0.5, 0.6) is 0 Å². The van der Waals surface area contributed by atoms with Crippen LogP contribution in [0.2, 0.25) is 5.15 Å². The third-order valence-electron chi connectivity index (χ3n) is 3.79. The minimum Gasteiger partial charge on any atom is -0.466 e. The van der Waals surface area contributed by atoms with Gasteiger partial charge in [0.25, 0.3) is 0 Å². The average molecular weight is 331 g/mol. The van der Waals surface area contributed by atoms with E-state index in [-0.39, 0.29) is 23.0 Å². The molecule has 1 aromatic heterocycles. The lowest BCUT2D eigenvalue weighted by Crippen LogP contribution is -2.36. The molecular formula is C14H20ClFN4O2. The Balaban J connectivity index is 1.89. The van der Waals surface area contributed by atoms with Crippen molar-refractivity contribution in [3.63, 3.8) is 0 Å². The van der Waals surface area contributed by atoms with Gasteiger partial charge < -0.3 is 14.5 Å². The summed E-state index contributed by atoms with van der Waals surface area (Å²) in [5.74, 6) is -0.543. The lowest BCUT2D eigenvalue weighted by Gasteiger charge is -2.24. The predicted octanol–water partition coefficient (Wildman–Crippen LogP) is 1.73. The number of hydrogen-bond donors (Lipinski definition) is 0. The van der Waals surface area contributed by atoms with E-state index in [2.05, 4.69) is 14.9 Å². The van der Waals surface area contributed by atoms with E-state index in [9.17, 15) is 9.18 Å². The number of nitrogens with zero attached hydrogens (tertiary/aromatic N) is 4. The van der Waals surface area contributed by atoms with E-state index in [1.165, 1.54) is 6.33 Å². The molecule has 0 N–H and O–H groups in total. The van der Waals surface area contributed by atoms with E-state index < -0.39 is 5.82 Å². The van der Waals surface area contributed by atoms with E-state index >= 15 is 0 Å². The molecule has 0 aromatic carbocycles. The first-order valence-electron chi connectivity index (χ1n) is 7.29. The summed E-state index contributed by atoms with van der Waals surface area (Å²) < 4.78 is 18.9. The Kier molecular flexibility index (Phi) is 5.90. The molecule has 0 spiro atoms. The third kappa shape index (κ3) is 4.04. The number of rotatable bonds is 6. The molecule has 1 saturated heterocycles. The Hall–Kier alpha value is -1.47. The van der Waals surface area contributed by atoms with Gasteiger partial charge >= 0.3 is 5.97 Å². The molecule has 0 saturated carbocycles. The second-order valence-corrected chi connectivity index (χ2v) is 5.58. The van der Waals surface area contributed by atoms with Crippen LogP contribution in [-0.4, -0.2) is 60.2 Å². The molecule has 0 radical (unpaired) electrons. The number of hydrogen-bond acceptors (Lipinski definition) is 6. The van der Waals surface area contributed by atoms with E-state index in [1.54, 1.807) is 6.92 Å². The van der Waals surface area contributed by atoms with Gasteiger partial charge in [-0.25, -0.2) is 9.97 Å². The Morgan fingerprint density at radius 1 is 1.59 bits per heavy atom. The number of esters is 1. The number of carbonyl (C=O) groups excluding carboxylic acids is 1. The number of carbonyl (C=O) groups is 1. The highest BCUT2D eigenvalue weighted by molar-refractivity contribution is 6.29. The summed E-state index contributed by atoms with van der Waals surface area (Å²) in [6, 6.07) is 0.238. The van der Waals surface area contributed by atoms with Gasteiger partial charge in [-0.15, -0.1) is 0 Å². The molecule has 0 bridgehead atoms. The van der Waals surface area contributed by atoms with E-state index in [1.807, 2.05) is 11.9 Å². The van der Waals surface area contributed by atoms with Gasteiger partial charge in [0.05, 0.1) is 13.0 Å². The fraction of sp³-hybridized carbons (Fsp3) is 0.643. The largest absolute Gasteiger partial charge is 0.466 e. The van der Waals surface area contributed by atoms with Crippen molar-refractivity contribution in [2.75, 3.05) is 38.2 Å². The van der Waals surface area contributed by atoms with Gasteiger partial charge in [-0.1, -0.05) is 11.6 Å². The van der Waals surface area contributed by atoms with Crippen LogP contribution in [0.25, 0.3) is 0 Å². The third-order valence-corrected chi connectivity index (χ3v) is 4.05. The second-order valence-electron chi connectivity index (χ2n) is 5.23. The van der Waals surface area contributed by atoms with Gasteiger partial charge in [0.1, 0.15) is 6.33 Å².